The predicted molar refractivity (Wildman–Crippen MR) is 49.3 cm³/mol. The van der Waals surface area contributed by atoms with Crippen molar-refractivity contribution < 1.29 is 4.79 Å². The summed E-state index contributed by atoms with van der Waals surface area (Å²) in [7, 11) is 1.56. The van der Waals surface area contributed by atoms with Crippen LogP contribution in [0.15, 0.2) is 18.2 Å². The molecule has 0 fully saturated rings. The summed E-state index contributed by atoms with van der Waals surface area (Å²) >= 11 is 0. The van der Waals surface area contributed by atoms with Gasteiger partial charge in [0.05, 0.1) is 11.6 Å². The molecule has 0 atom stereocenters. The Kier molecular flexibility index (Phi) is 2.65. The number of carbonyl (C=O) groups excluding carboxylic acids is 1. The van der Waals surface area contributed by atoms with Crippen molar-refractivity contribution in [3.05, 3.63) is 34.9 Å². The SMILES string of the molecule is CNC(=O)c1ccc(C)c(C#N)c1. The smallest absolute Gasteiger partial charge is 0.251 e. The maximum atomic E-state index is 11.2. The van der Waals surface area contributed by atoms with Gasteiger partial charge in [-0.25, -0.2) is 0 Å². The minimum Gasteiger partial charge on any atom is -0.355 e. The van der Waals surface area contributed by atoms with Crippen LogP contribution in [0.3, 0.4) is 0 Å². The van der Waals surface area contributed by atoms with Crippen LogP contribution in [-0.4, -0.2) is 13.0 Å². The molecule has 0 aliphatic rings. The van der Waals surface area contributed by atoms with Crippen LogP contribution in [0.5, 0.6) is 0 Å². The predicted octanol–water partition coefficient (Wildman–Crippen LogP) is 1.23. The lowest BCUT2D eigenvalue weighted by Crippen LogP contribution is -2.17. The van der Waals surface area contributed by atoms with Crippen LogP contribution in [0, 0.1) is 18.3 Å². The largest absolute Gasteiger partial charge is 0.355 e. The Hall–Kier alpha value is -1.82. The molecule has 3 heteroatoms. The Morgan fingerprint density at radius 1 is 1.54 bits per heavy atom. The van der Waals surface area contributed by atoms with Crippen molar-refractivity contribution in [2.75, 3.05) is 7.05 Å². The second kappa shape index (κ2) is 3.72. The van der Waals surface area contributed by atoms with Crippen LogP contribution in [0.1, 0.15) is 21.5 Å². The summed E-state index contributed by atoms with van der Waals surface area (Å²) in [6.45, 7) is 1.84. The van der Waals surface area contributed by atoms with E-state index in [-0.39, 0.29) is 5.91 Å². The van der Waals surface area contributed by atoms with Crippen molar-refractivity contribution in [1.29, 1.82) is 5.26 Å². The number of rotatable bonds is 1. The van der Waals surface area contributed by atoms with E-state index in [4.69, 9.17) is 5.26 Å². The summed E-state index contributed by atoms with van der Waals surface area (Å²) in [6, 6.07) is 7.10. The highest BCUT2D eigenvalue weighted by atomic mass is 16.1. The zero-order valence-corrected chi connectivity index (χ0v) is 7.59. The van der Waals surface area contributed by atoms with Gasteiger partial charge >= 0.3 is 0 Å². The molecule has 3 nitrogen and oxygen atoms in total. The van der Waals surface area contributed by atoms with Gasteiger partial charge in [0.25, 0.3) is 5.91 Å². The summed E-state index contributed by atoms with van der Waals surface area (Å²) in [5, 5.41) is 11.2. The number of benzene rings is 1. The van der Waals surface area contributed by atoms with Crippen LogP contribution in [0.2, 0.25) is 0 Å². The number of nitriles is 1. The van der Waals surface area contributed by atoms with E-state index in [1.54, 1.807) is 25.2 Å². The first-order valence-electron chi connectivity index (χ1n) is 3.92. The zero-order valence-electron chi connectivity index (χ0n) is 7.59. The van der Waals surface area contributed by atoms with Gasteiger partial charge in [-0.15, -0.1) is 0 Å². The molecule has 0 bridgehead atoms. The van der Waals surface area contributed by atoms with E-state index in [2.05, 4.69) is 5.32 Å². The Morgan fingerprint density at radius 2 is 2.23 bits per heavy atom. The zero-order chi connectivity index (χ0) is 9.84. The molecule has 0 aliphatic carbocycles. The molecular weight excluding hydrogens is 164 g/mol. The van der Waals surface area contributed by atoms with Gasteiger partial charge in [0.1, 0.15) is 0 Å². The lowest BCUT2D eigenvalue weighted by molar-refractivity contribution is 0.0963. The van der Waals surface area contributed by atoms with Crippen LogP contribution < -0.4 is 5.32 Å². The molecule has 13 heavy (non-hydrogen) atoms. The highest BCUT2D eigenvalue weighted by Crippen LogP contribution is 2.09. The van der Waals surface area contributed by atoms with Crippen LogP contribution in [0.25, 0.3) is 0 Å². The number of nitrogens with zero attached hydrogens (tertiary/aromatic N) is 1. The van der Waals surface area contributed by atoms with Crippen molar-refractivity contribution in [3.8, 4) is 6.07 Å². The first-order valence-corrected chi connectivity index (χ1v) is 3.92. The van der Waals surface area contributed by atoms with E-state index in [1.165, 1.54) is 0 Å². The normalized spacial score (nSPS) is 9.00. The maximum absolute atomic E-state index is 11.2. The first-order chi connectivity index (χ1) is 6.19. The third-order valence-corrected chi connectivity index (χ3v) is 1.85. The van der Waals surface area contributed by atoms with Gasteiger partial charge in [0, 0.05) is 12.6 Å². The van der Waals surface area contributed by atoms with Crippen LogP contribution in [0.4, 0.5) is 0 Å². The first kappa shape index (κ1) is 9.27. The van der Waals surface area contributed by atoms with E-state index < -0.39 is 0 Å². The maximum Gasteiger partial charge on any atom is 0.251 e. The highest BCUT2D eigenvalue weighted by molar-refractivity contribution is 5.94. The summed E-state index contributed by atoms with van der Waals surface area (Å²) in [4.78, 5) is 11.2. The summed E-state index contributed by atoms with van der Waals surface area (Å²) in [5.41, 5.74) is 1.95. The van der Waals surface area contributed by atoms with Gasteiger partial charge in [-0.1, -0.05) is 6.07 Å². The minimum absolute atomic E-state index is 0.170. The molecule has 66 valence electrons. The minimum atomic E-state index is -0.170. The molecule has 0 unspecified atom stereocenters. The molecule has 0 aromatic heterocycles. The second-order valence-corrected chi connectivity index (χ2v) is 2.72. The summed E-state index contributed by atoms with van der Waals surface area (Å²) in [6.07, 6.45) is 0. The average Bonchev–Trinajstić information content (AvgIpc) is 2.17. The van der Waals surface area contributed by atoms with Gasteiger partial charge < -0.3 is 5.32 Å². The van der Waals surface area contributed by atoms with Crippen molar-refractivity contribution >= 4 is 5.91 Å². The molecule has 1 aromatic rings. The fourth-order valence-electron chi connectivity index (χ4n) is 1.03. The fraction of sp³-hybridized carbons (Fsp3) is 0.200. The lowest BCUT2D eigenvalue weighted by atomic mass is 10.1. The van der Waals surface area contributed by atoms with Crippen molar-refractivity contribution in [3.63, 3.8) is 0 Å². The Balaban J connectivity index is 3.15. The number of hydrogen-bond donors (Lipinski definition) is 1. The van der Waals surface area contributed by atoms with Gasteiger partial charge in [-0.2, -0.15) is 5.26 Å². The lowest BCUT2D eigenvalue weighted by Gasteiger charge is -2.01. The molecule has 0 aliphatic heterocycles. The van der Waals surface area contributed by atoms with Gasteiger partial charge in [0.2, 0.25) is 0 Å². The molecule has 1 N–H and O–H groups in total. The molecule has 0 spiro atoms. The molecule has 0 saturated carbocycles. The second-order valence-electron chi connectivity index (χ2n) is 2.72. The van der Waals surface area contributed by atoms with E-state index in [0.29, 0.717) is 11.1 Å². The van der Waals surface area contributed by atoms with E-state index in [0.717, 1.165) is 5.56 Å². The molecule has 1 rings (SSSR count). The van der Waals surface area contributed by atoms with Gasteiger partial charge in [-0.3, -0.25) is 4.79 Å². The van der Waals surface area contributed by atoms with Crippen LogP contribution >= 0.6 is 0 Å². The molecule has 1 aromatic carbocycles. The van der Waals surface area contributed by atoms with Gasteiger partial charge in [0.15, 0.2) is 0 Å². The highest BCUT2D eigenvalue weighted by Gasteiger charge is 2.04. The van der Waals surface area contributed by atoms with E-state index in [1.807, 2.05) is 13.0 Å². The average molecular weight is 174 g/mol. The summed E-state index contributed by atoms with van der Waals surface area (Å²) < 4.78 is 0. The van der Waals surface area contributed by atoms with Crippen molar-refractivity contribution in [2.45, 2.75) is 6.92 Å². The topological polar surface area (TPSA) is 52.9 Å². The third kappa shape index (κ3) is 1.85. The number of hydrogen-bond acceptors (Lipinski definition) is 2. The number of amides is 1. The summed E-state index contributed by atoms with van der Waals surface area (Å²) in [5.74, 6) is -0.170. The number of carbonyl (C=O) groups is 1. The van der Waals surface area contributed by atoms with E-state index in [9.17, 15) is 4.79 Å². The molecular formula is C10H10N2O. The third-order valence-electron chi connectivity index (χ3n) is 1.85. The molecule has 0 saturated heterocycles. The van der Waals surface area contributed by atoms with Gasteiger partial charge in [-0.05, 0) is 24.6 Å². The van der Waals surface area contributed by atoms with Crippen LogP contribution in [-0.2, 0) is 0 Å². The molecule has 0 radical (unpaired) electrons. The van der Waals surface area contributed by atoms with E-state index >= 15 is 0 Å². The number of nitrogens with one attached hydrogen (secondary N) is 1. The Bertz CT molecular complexity index is 377. The quantitative estimate of drug-likeness (QED) is 0.696. The fourth-order valence-corrected chi connectivity index (χ4v) is 1.03. The van der Waals surface area contributed by atoms with Crippen molar-refractivity contribution in [1.82, 2.24) is 5.32 Å². The molecule has 1 amide bonds. The Labute approximate surface area is 77.0 Å². The monoisotopic (exact) mass is 174 g/mol. The van der Waals surface area contributed by atoms with Crippen molar-refractivity contribution in [2.24, 2.45) is 0 Å². The standard InChI is InChI=1S/C10H10N2O/c1-7-3-4-8(10(13)12-2)5-9(7)6-11/h3-5H,1-2H3,(H,12,13). The Morgan fingerprint density at radius 3 is 2.77 bits per heavy atom. The molecule has 0 heterocycles. The number of aryl methyl sites for hydroxylation is 1.